The second-order valence-electron chi connectivity index (χ2n) is 6.40. The highest BCUT2D eigenvalue weighted by Gasteiger charge is 2.31. The fourth-order valence-corrected chi connectivity index (χ4v) is 3.55. The van der Waals surface area contributed by atoms with Gasteiger partial charge in [0.25, 0.3) is 0 Å². The number of ether oxygens (including phenoxy) is 1. The minimum absolute atomic E-state index is 0.0797. The summed E-state index contributed by atoms with van der Waals surface area (Å²) in [4.78, 5) is 2.42. The second-order valence-corrected chi connectivity index (χ2v) is 6.75. The van der Waals surface area contributed by atoms with Gasteiger partial charge < -0.3 is 9.84 Å². The summed E-state index contributed by atoms with van der Waals surface area (Å²) < 4.78 is 7.34. The van der Waals surface area contributed by atoms with Crippen LogP contribution in [0.2, 0.25) is 5.15 Å². The fourth-order valence-electron chi connectivity index (χ4n) is 3.18. The van der Waals surface area contributed by atoms with E-state index in [4.69, 9.17) is 21.4 Å². The molecule has 1 aliphatic heterocycles. The van der Waals surface area contributed by atoms with Crippen molar-refractivity contribution < 1.29 is 9.84 Å². The van der Waals surface area contributed by atoms with Crippen molar-refractivity contribution in [3.8, 4) is 0 Å². The predicted octanol–water partition coefficient (Wildman–Crippen LogP) is 2.65. The molecule has 1 aromatic heterocycles. The van der Waals surface area contributed by atoms with Crippen molar-refractivity contribution in [3.63, 3.8) is 0 Å². The maximum Gasteiger partial charge on any atom is 0.132 e. The highest BCUT2D eigenvalue weighted by Crippen LogP contribution is 2.37. The molecule has 1 unspecified atom stereocenters. The molecule has 1 fully saturated rings. The van der Waals surface area contributed by atoms with Crippen molar-refractivity contribution >= 4 is 11.6 Å². The summed E-state index contributed by atoms with van der Waals surface area (Å²) in [5, 5.41) is 14.2. The quantitative estimate of drug-likeness (QED) is 0.745. The zero-order valence-corrected chi connectivity index (χ0v) is 14.6. The predicted molar refractivity (Wildman–Crippen MR) is 88.3 cm³/mol. The molecular weight excluding hydrogens is 302 g/mol. The number of rotatable bonds is 8. The van der Waals surface area contributed by atoms with Crippen LogP contribution in [0, 0.1) is 12.8 Å². The van der Waals surface area contributed by atoms with E-state index in [-0.39, 0.29) is 6.61 Å². The molecule has 0 saturated carbocycles. The zero-order valence-electron chi connectivity index (χ0n) is 13.9. The number of hydrogen-bond acceptors (Lipinski definition) is 4. The Balaban J connectivity index is 2.07. The third kappa shape index (κ3) is 4.22. The van der Waals surface area contributed by atoms with Gasteiger partial charge in [-0.2, -0.15) is 5.10 Å². The summed E-state index contributed by atoms with van der Waals surface area (Å²) in [5.41, 5.74) is 2.22. The Morgan fingerprint density at radius 1 is 1.41 bits per heavy atom. The van der Waals surface area contributed by atoms with E-state index in [9.17, 15) is 0 Å². The van der Waals surface area contributed by atoms with Crippen molar-refractivity contribution in [3.05, 3.63) is 16.4 Å². The number of aliphatic hydroxyl groups excluding tert-OH is 1. The molecule has 1 aromatic rings. The van der Waals surface area contributed by atoms with Gasteiger partial charge in [-0.1, -0.05) is 25.4 Å². The van der Waals surface area contributed by atoms with Crippen LogP contribution < -0.4 is 0 Å². The van der Waals surface area contributed by atoms with Gasteiger partial charge in [0.15, 0.2) is 0 Å². The molecule has 1 aliphatic rings. The number of halogens is 1. The van der Waals surface area contributed by atoms with E-state index in [1.165, 1.54) is 12.0 Å². The van der Waals surface area contributed by atoms with E-state index in [1.807, 2.05) is 4.68 Å². The summed E-state index contributed by atoms with van der Waals surface area (Å²) in [6.45, 7) is 10.3. The Hall–Kier alpha value is -0.620. The van der Waals surface area contributed by atoms with Crippen molar-refractivity contribution in [1.82, 2.24) is 14.7 Å². The lowest BCUT2D eigenvalue weighted by atomic mass is 10.1. The molecule has 5 nitrogen and oxygen atoms in total. The van der Waals surface area contributed by atoms with Gasteiger partial charge in [0.1, 0.15) is 5.15 Å². The molecule has 0 bridgehead atoms. The Morgan fingerprint density at radius 2 is 2.18 bits per heavy atom. The summed E-state index contributed by atoms with van der Waals surface area (Å²) >= 11 is 6.61. The van der Waals surface area contributed by atoms with Gasteiger partial charge in [0, 0.05) is 24.7 Å². The third-order valence-corrected chi connectivity index (χ3v) is 4.50. The SMILES string of the molecule is Cc1nn(CC(C)C)c(Cl)c1C1CCCN1CCOCCO. The van der Waals surface area contributed by atoms with Crippen LogP contribution in [0.5, 0.6) is 0 Å². The topological polar surface area (TPSA) is 50.5 Å². The molecule has 6 heteroatoms. The number of aromatic nitrogens is 2. The smallest absolute Gasteiger partial charge is 0.132 e. The van der Waals surface area contributed by atoms with Crippen LogP contribution in [0.4, 0.5) is 0 Å². The van der Waals surface area contributed by atoms with E-state index in [0.717, 1.165) is 36.9 Å². The van der Waals surface area contributed by atoms with Crippen LogP contribution in [-0.4, -0.2) is 52.7 Å². The Kier molecular flexibility index (Phi) is 6.68. The molecule has 2 heterocycles. The Bertz CT molecular complexity index is 476. The largest absolute Gasteiger partial charge is 0.394 e. The molecular formula is C16H28ClN3O2. The molecule has 0 radical (unpaired) electrons. The number of nitrogens with zero attached hydrogens (tertiary/aromatic N) is 3. The van der Waals surface area contributed by atoms with Gasteiger partial charge in [-0.3, -0.25) is 9.58 Å². The average Bonchev–Trinajstić information content (AvgIpc) is 3.00. The monoisotopic (exact) mass is 329 g/mol. The van der Waals surface area contributed by atoms with Gasteiger partial charge in [-0.25, -0.2) is 0 Å². The first-order valence-electron chi connectivity index (χ1n) is 8.20. The highest BCUT2D eigenvalue weighted by atomic mass is 35.5. The summed E-state index contributed by atoms with van der Waals surface area (Å²) in [6, 6.07) is 0.339. The number of aliphatic hydroxyl groups is 1. The molecule has 22 heavy (non-hydrogen) atoms. The number of likely N-dealkylation sites (tertiary alicyclic amines) is 1. The Morgan fingerprint density at radius 3 is 2.86 bits per heavy atom. The molecule has 126 valence electrons. The van der Waals surface area contributed by atoms with Crippen molar-refractivity contribution in [2.24, 2.45) is 5.92 Å². The minimum Gasteiger partial charge on any atom is -0.394 e. The van der Waals surface area contributed by atoms with Crippen LogP contribution in [0.25, 0.3) is 0 Å². The minimum atomic E-state index is 0.0797. The molecule has 1 atom stereocenters. The van der Waals surface area contributed by atoms with Gasteiger partial charge >= 0.3 is 0 Å². The lowest BCUT2D eigenvalue weighted by molar-refractivity contribution is 0.0709. The van der Waals surface area contributed by atoms with Crippen molar-refractivity contribution in [2.45, 2.75) is 46.2 Å². The number of hydrogen-bond donors (Lipinski definition) is 1. The van der Waals surface area contributed by atoms with Gasteiger partial charge in [0.2, 0.25) is 0 Å². The summed E-state index contributed by atoms with van der Waals surface area (Å²) in [6.07, 6.45) is 2.30. The first kappa shape index (κ1) is 17.7. The lowest BCUT2D eigenvalue weighted by Gasteiger charge is -2.24. The first-order valence-corrected chi connectivity index (χ1v) is 8.57. The second kappa shape index (κ2) is 8.29. The van der Waals surface area contributed by atoms with Crippen LogP contribution >= 0.6 is 11.6 Å². The first-order chi connectivity index (χ1) is 10.5. The standard InChI is InChI=1S/C16H28ClN3O2/c1-12(2)11-20-16(17)15(13(3)18-20)14-5-4-6-19(14)7-9-22-10-8-21/h12,14,21H,4-11H2,1-3H3. The maximum absolute atomic E-state index is 8.77. The molecule has 0 aromatic carbocycles. The Labute approximate surface area is 138 Å². The molecule has 0 spiro atoms. The highest BCUT2D eigenvalue weighted by molar-refractivity contribution is 6.30. The molecule has 2 rings (SSSR count). The van der Waals surface area contributed by atoms with Crippen LogP contribution in [0.3, 0.4) is 0 Å². The molecule has 1 N–H and O–H groups in total. The average molecular weight is 330 g/mol. The van der Waals surface area contributed by atoms with Crippen LogP contribution in [0.1, 0.15) is 44.0 Å². The molecule has 0 amide bonds. The van der Waals surface area contributed by atoms with E-state index < -0.39 is 0 Å². The van der Waals surface area contributed by atoms with Gasteiger partial charge in [-0.05, 0) is 32.2 Å². The maximum atomic E-state index is 8.77. The van der Waals surface area contributed by atoms with Crippen LogP contribution in [-0.2, 0) is 11.3 Å². The van der Waals surface area contributed by atoms with E-state index in [2.05, 4.69) is 30.8 Å². The molecule has 1 saturated heterocycles. The van der Waals surface area contributed by atoms with Crippen molar-refractivity contribution in [2.75, 3.05) is 32.9 Å². The lowest BCUT2D eigenvalue weighted by Crippen LogP contribution is -2.28. The zero-order chi connectivity index (χ0) is 16.1. The summed E-state index contributed by atoms with van der Waals surface area (Å²) in [5.74, 6) is 0.524. The number of aryl methyl sites for hydroxylation is 1. The molecule has 0 aliphatic carbocycles. The van der Waals surface area contributed by atoms with E-state index >= 15 is 0 Å². The summed E-state index contributed by atoms with van der Waals surface area (Å²) in [7, 11) is 0. The third-order valence-electron chi connectivity index (χ3n) is 4.10. The van der Waals surface area contributed by atoms with Crippen LogP contribution in [0.15, 0.2) is 0 Å². The van der Waals surface area contributed by atoms with Gasteiger partial charge in [0.05, 0.1) is 25.5 Å². The van der Waals surface area contributed by atoms with E-state index in [0.29, 0.717) is 25.2 Å². The fraction of sp³-hybridized carbons (Fsp3) is 0.812. The van der Waals surface area contributed by atoms with E-state index in [1.54, 1.807) is 0 Å². The van der Waals surface area contributed by atoms with Gasteiger partial charge in [-0.15, -0.1) is 0 Å². The normalized spacial score (nSPS) is 19.5. The van der Waals surface area contributed by atoms with Crippen molar-refractivity contribution in [1.29, 1.82) is 0 Å².